The monoisotopic (exact) mass is 333 g/mol. The molecule has 0 aliphatic heterocycles. The molecule has 0 heterocycles. The number of benzene rings is 2. The first-order valence-electron chi connectivity index (χ1n) is 5.75. The van der Waals surface area contributed by atoms with Gasteiger partial charge in [0.1, 0.15) is 0 Å². The van der Waals surface area contributed by atoms with Gasteiger partial charge in [-0.2, -0.15) is 0 Å². The van der Waals surface area contributed by atoms with Crippen molar-refractivity contribution in [1.82, 2.24) is 0 Å². The third kappa shape index (κ3) is 3.39. The number of nitrogens with zero attached hydrogens (tertiary/aromatic N) is 3. The van der Waals surface area contributed by atoms with Crippen LogP contribution in [0.3, 0.4) is 0 Å². The Balaban J connectivity index is 2.21. The standard InChI is InChI=1S/C14H11N3O2Se/c1-19-10-6-8-11(9-7-10)20-14(18)12-4-2-3-5-13(12)16-17-15/h2-9H,1H3. The van der Waals surface area contributed by atoms with Crippen LogP contribution in [0.15, 0.2) is 53.6 Å². The molecule has 0 aliphatic rings. The van der Waals surface area contributed by atoms with E-state index in [1.165, 1.54) is 0 Å². The Labute approximate surface area is 122 Å². The summed E-state index contributed by atoms with van der Waals surface area (Å²) >= 11 is -0.368. The molecular formula is C14H11N3O2Se. The molecule has 0 bridgehead atoms. The minimum atomic E-state index is -0.368. The molecule has 2 aromatic rings. The quantitative estimate of drug-likeness (QED) is 0.365. The summed E-state index contributed by atoms with van der Waals surface area (Å²) in [5, 5.41) is 3.55. The van der Waals surface area contributed by atoms with E-state index in [2.05, 4.69) is 10.0 Å². The summed E-state index contributed by atoms with van der Waals surface area (Å²) < 4.78 is 6.00. The second kappa shape index (κ2) is 6.78. The number of hydrogen-bond donors (Lipinski definition) is 0. The Hall–Kier alpha value is -2.26. The molecular weight excluding hydrogens is 321 g/mol. The van der Waals surface area contributed by atoms with Crippen molar-refractivity contribution in [3.63, 3.8) is 0 Å². The van der Waals surface area contributed by atoms with Gasteiger partial charge in [0.05, 0.1) is 0 Å². The van der Waals surface area contributed by atoms with E-state index in [0.717, 1.165) is 10.2 Å². The number of azide groups is 1. The van der Waals surface area contributed by atoms with Crippen molar-refractivity contribution in [2.24, 2.45) is 5.11 Å². The number of carbonyl (C=O) groups is 1. The van der Waals surface area contributed by atoms with Crippen molar-refractivity contribution >= 4 is 29.8 Å². The van der Waals surface area contributed by atoms with Gasteiger partial charge < -0.3 is 0 Å². The van der Waals surface area contributed by atoms with Crippen LogP contribution in [0.4, 0.5) is 5.69 Å². The van der Waals surface area contributed by atoms with Crippen molar-refractivity contribution in [2.75, 3.05) is 7.11 Å². The predicted molar refractivity (Wildman–Crippen MR) is 78.0 cm³/mol. The molecule has 0 atom stereocenters. The fraction of sp³-hybridized carbons (Fsp3) is 0.0714. The van der Waals surface area contributed by atoms with Crippen LogP contribution >= 0.6 is 0 Å². The second-order valence-corrected chi connectivity index (χ2v) is 5.97. The van der Waals surface area contributed by atoms with Crippen LogP contribution in [0.25, 0.3) is 10.4 Å². The van der Waals surface area contributed by atoms with E-state index < -0.39 is 0 Å². The van der Waals surface area contributed by atoms with E-state index in [1.807, 2.05) is 24.3 Å². The third-order valence-electron chi connectivity index (χ3n) is 2.55. The van der Waals surface area contributed by atoms with Gasteiger partial charge in [-0.25, -0.2) is 0 Å². The number of carbonyl (C=O) groups excluding carboxylic acids is 1. The molecule has 2 aromatic carbocycles. The molecule has 0 radical (unpaired) electrons. The van der Waals surface area contributed by atoms with Gasteiger partial charge in [0.25, 0.3) is 0 Å². The normalized spacial score (nSPS) is 9.65. The zero-order valence-corrected chi connectivity index (χ0v) is 12.4. The fourth-order valence-corrected chi connectivity index (χ4v) is 3.20. The summed E-state index contributed by atoms with van der Waals surface area (Å²) in [5.74, 6) is 0.756. The van der Waals surface area contributed by atoms with Crippen molar-refractivity contribution in [1.29, 1.82) is 0 Å². The van der Waals surface area contributed by atoms with Gasteiger partial charge in [0, 0.05) is 0 Å². The summed E-state index contributed by atoms with van der Waals surface area (Å²) in [5.41, 5.74) is 9.34. The van der Waals surface area contributed by atoms with Gasteiger partial charge in [-0.1, -0.05) is 0 Å². The van der Waals surface area contributed by atoms with Crippen molar-refractivity contribution in [3.05, 3.63) is 64.5 Å². The van der Waals surface area contributed by atoms with Gasteiger partial charge in [0.15, 0.2) is 0 Å². The molecule has 6 heteroatoms. The first kappa shape index (κ1) is 14.2. The third-order valence-corrected chi connectivity index (χ3v) is 4.46. The van der Waals surface area contributed by atoms with E-state index >= 15 is 0 Å². The molecule has 0 N–H and O–H groups in total. The molecule has 0 aliphatic carbocycles. The van der Waals surface area contributed by atoms with Gasteiger partial charge in [0.2, 0.25) is 0 Å². The maximum atomic E-state index is 12.3. The van der Waals surface area contributed by atoms with E-state index in [0.29, 0.717) is 11.3 Å². The molecule has 0 saturated heterocycles. The molecule has 0 amide bonds. The summed E-state index contributed by atoms with van der Waals surface area (Å²) in [4.78, 5) is 15.0. The first-order valence-corrected chi connectivity index (χ1v) is 7.46. The second-order valence-electron chi connectivity index (χ2n) is 3.77. The molecule has 5 nitrogen and oxygen atoms in total. The maximum absolute atomic E-state index is 12.3. The molecule has 0 spiro atoms. The Bertz CT molecular complexity index is 664. The summed E-state index contributed by atoms with van der Waals surface area (Å²) in [6.45, 7) is 0. The van der Waals surface area contributed by atoms with Gasteiger partial charge >= 0.3 is 122 Å². The van der Waals surface area contributed by atoms with Crippen molar-refractivity contribution < 1.29 is 9.53 Å². The molecule has 20 heavy (non-hydrogen) atoms. The predicted octanol–water partition coefficient (Wildman–Crippen LogP) is 2.81. The van der Waals surface area contributed by atoms with Gasteiger partial charge in [-0.3, -0.25) is 0 Å². The average molecular weight is 332 g/mol. The summed E-state index contributed by atoms with van der Waals surface area (Å²) in [7, 11) is 1.60. The Morgan fingerprint density at radius 1 is 1.20 bits per heavy atom. The van der Waals surface area contributed by atoms with Crippen LogP contribution in [0.2, 0.25) is 0 Å². The number of methoxy groups -OCH3 is 1. The summed E-state index contributed by atoms with van der Waals surface area (Å²) in [6, 6.07) is 14.2. The van der Waals surface area contributed by atoms with Crippen molar-refractivity contribution in [3.8, 4) is 5.75 Å². The van der Waals surface area contributed by atoms with Gasteiger partial charge in [-0.15, -0.1) is 0 Å². The molecule has 2 rings (SSSR count). The van der Waals surface area contributed by atoms with Crippen LogP contribution in [0.1, 0.15) is 10.4 Å². The van der Waals surface area contributed by atoms with Crippen LogP contribution in [0, 0.1) is 0 Å². The average Bonchev–Trinajstić information content (AvgIpc) is 2.49. The fourth-order valence-electron chi connectivity index (χ4n) is 1.59. The number of ether oxygens (including phenoxy) is 1. The zero-order chi connectivity index (χ0) is 14.4. The van der Waals surface area contributed by atoms with E-state index in [9.17, 15) is 4.79 Å². The number of hydrogen-bond acceptors (Lipinski definition) is 3. The zero-order valence-electron chi connectivity index (χ0n) is 10.7. The first-order chi connectivity index (χ1) is 9.74. The molecule has 0 aromatic heterocycles. The van der Waals surface area contributed by atoms with E-state index in [1.54, 1.807) is 31.4 Å². The van der Waals surface area contributed by atoms with Crippen LogP contribution in [-0.2, 0) is 0 Å². The Morgan fingerprint density at radius 2 is 1.90 bits per heavy atom. The van der Waals surface area contributed by atoms with Crippen molar-refractivity contribution in [2.45, 2.75) is 0 Å². The SMILES string of the molecule is COc1ccc([Se]C(=O)c2ccccc2N=[N+]=[N-])cc1. The van der Waals surface area contributed by atoms with E-state index in [-0.39, 0.29) is 19.6 Å². The number of rotatable bonds is 5. The molecule has 0 saturated carbocycles. The minimum absolute atomic E-state index is 0.0225. The topological polar surface area (TPSA) is 75.1 Å². The molecule has 0 unspecified atom stereocenters. The van der Waals surface area contributed by atoms with Crippen LogP contribution in [0.5, 0.6) is 5.75 Å². The molecule has 100 valence electrons. The Morgan fingerprint density at radius 3 is 2.55 bits per heavy atom. The molecule has 0 fully saturated rings. The summed E-state index contributed by atoms with van der Waals surface area (Å²) in [6.07, 6.45) is 0. The Kier molecular flexibility index (Phi) is 4.80. The van der Waals surface area contributed by atoms with Crippen LogP contribution in [-0.4, -0.2) is 26.7 Å². The van der Waals surface area contributed by atoms with E-state index in [4.69, 9.17) is 10.3 Å². The van der Waals surface area contributed by atoms with Gasteiger partial charge in [-0.05, 0) is 0 Å². The van der Waals surface area contributed by atoms with Crippen LogP contribution < -0.4 is 9.20 Å².